The summed E-state index contributed by atoms with van der Waals surface area (Å²) in [6.07, 6.45) is 5.21. The molecule has 2 atom stereocenters. The van der Waals surface area contributed by atoms with E-state index in [1.54, 1.807) is 13.8 Å². The summed E-state index contributed by atoms with van der Waals surface area (Å²) in [5.74, 6) is 0.0105. The molecule has 110 valence electrons. The lowest BCUT2D eigenvalue weighted by molar-refractivity contribution is -0.156. The van der Waals surface area contributed by atoms with Crippen molar-refractivity contribution in [3.8, 4) is 0 Å². The maximum absolute atomic E-state index is 12.6. The van der Waals surface area contributed by atoms with Gasteiger partial charge >= 0.3 is 0 Å². The van der Waals surface area contributed by atoms with Crippen LogP contribution in [0.3, 0.4) is 0 Å². The van der Waals surface area contributed by atoms with Crippen LogP contribution in [0.2, 0.25) is 0 Å². The number of nitrogens with one attached hydrogen (secondary N) is 1. The summed E-state index contributed by atoms with van der Waals surface area (Å²) >= 11 is 0. The minimum atomic E-state index is -0.776. The Balaban J connectivity index is 2.95. The molecule has 0 radical (unpaired) electrons. The molecule has 0 aromatic heterocycles. The summed E-state index contributed by atoms with van der Waals surface area (Å²) in [7, 11) is 0. The smallest absolute Gasteiger partial charge is 0.248 e. The zero-order valence-electron chi connectivity index (χ0n) is 13.0. The molecule has 2 unspecified atom stereocenters. The maximum Gasteiger partial charge on any atom is 0.248 e. The van der Waals surface area contributed by atoms with E-state index in [1.807, 2.05) is 11.8 Å². The van der Waals surface area contributed by atoms with E-state index >= 15 is 0 Å². The number of hydrogen-bond donors (Lipinski definition) is 1. The standard InChI is InChI=1S/C15H28N2O2/c1-6-8-10-12(9-7-2)17-11(3)13(18)16-15(4,5)14(17)19/h11-12H,6-10H2,1-5H3,(H,16,18). The summed E-state index contributed by atoms with van der Waals surface area (Å²) in [4.78, 5) is 26.5. The molecule has 0 aliphatic carbocycles. The molecule has 1 saturated heterocycles. The van der Waals surface area contributed by atoms with E-state index in [2.05, 4.69) is 19.2 Å². The second-order valence-electron chi connectivity index (χ2n) is 6.09. The Hall–Kier alpha value is -1.06. The van der Waals surface area contributed by atoms with Gasteiger partial charge < -0.3 is 10.2 Å². The molecule has 2 amide bonds. The molecular weight excluding hydrogens is 240 g/mol. The summed E-state index contributed by atoms with van der Waals surface area (Å²) < 4.78 is 0. The topological polar surface area (TPSA) is 49.4 Å². The molecule has 0 aromatic rings. The molecule has 1 rings (SSSR count). The van der Waals surface area contributed by atoms with Crippen molar-refractivity contribution in [1.29, 1.82) is 0 Å². The number of carbonyl (C=O) groups is 2. The normalized spacial score (nSPS) is 24.3. The van der Waals surface area contributed by atoms with Gasteiger partial charge in [-0.05, 0) is 33.6 Å². The van der Waals surface area contributed by atoms with Crippen molar-refractivity contribution >= 4 is 11.8 Å². The van der Waals surface area contributed by atoms with Gasteiger partial charge in [-0.25, -0.2) is 0 Å². The van der Waals surface area contributed by atoms with Crippen molar-refractivity contribution in [3.05, 3.63) is 0 Å². The second kappa shape index (κ2) is 6.40. The molecule has 1 aliphatic rings. The summed E-state index contributed by atoms with van der Waals surface area (Å²) in [5.41, 5.74) is -0.776. The minimum Gasteiger partial charge on any atom is -0.340 e. The Morgan fingerprint density at radius 3 is 2.37 bits per heavy atom. The van der Waals surface area contributed by atoms with Gasteiger partial charge in [0, 0.05) is 6.04 Å². The first-order valence-corrected chi connectivity index (χ1v) is 7.49. The monoisotopic (exact) mass is 268 g/mol. The summed E-state index contributed by atoms with van der Waals surface area (Å²) in [6.45, 7) is 9.69. The fourth-order valence-electron chi connectivity index (χ4n) is 2.77. The average molecular weight is 268 g/mol. The minimum absolute atomic E-state index is 0.0396. The third-order valence-corrected chi connectivity index (χ3v) is 3.91. The van der Waals surface area contributed by atoms with E-state index < -0.39 is 5.54 Å². The molecule has 0 aromatic carbocycles. The van der Waals surface area contributed by atoms with Gasteiger partial charge in [-0.2, -0.15) is 0 Å². The maximum atomic E-state index is 12.6. The van der Waals surface area contributed by atoms with Crippen LogP contribution in [0.15, 0.2) is 0 Å². The van der Waals surface area contributed by atoms with Crippen LogP contribution in [0.5, 0.6) is 0 Å². The number of carbonyl (C=O) groups excluding carboxylic acids is 2. The zero-order valence-corrected chi connectivity index (χ0v) is 13.0. The van der Waals surface area contributed by atoms with Crippen LogP contribution in [0.4, 0.5) is 0 Å². The predicted octanol–water partition coefficient (Wildman–Crippen LogP) is 2.47. The molecular formula is C15H28N2O2. The lowest BCUT2D eigenvalue weighted by Gasteiger charge is -2.45. The predicted molar refractivity (Wildman–Crippen MR) is 76.8 cm³/mol. The van der Waals surface area contributed by atoms with Gasteiger partial charge in [0.25, 0.3) is 0 Å². The number of unbranched alkanes of at least 4 members (excludes halogenated alkanes) is 1. The highest BCUT2D eigenvalue weighted by Crippen LogP contribution is 2.25. The highest BCUT2D eigenvalue weighted by Gasteiger charge is 2.45. The molecule has 19 heavy (non-hydrogen) atoms. The van der Waals surface area contributed by atoms with Crippen LogP contribution in [0.25, 0.3) is 0 Å². The van der Waals surface area contributed by atoms with Crippen LogP contribution in [-0.2, 0) is 9.59 Å². The van der Waals surface area contributed by atoms with E-state index in [-0.39, 0.29) is 23.9 Å². The van der Waals surface area contributed by atoms with Crippen molar-refractivity contribution in [1.82, 2.24) is 10.2 Å². The van der Waals surface area contributed by atoms with Gasteiger partial charge in [0.05, 0.1) is 0 Å². The summed E-state index contributed by atoms with van der Waals surface area (Å²) in [5, 5.41) is 2.81. The van der Waals surface area contributed by atoms with Crippen LogP contribution in [0.1, 0.15) is 66.7 Å². The highest BCUT2D eigenvalue weighted by molar-refractivity contribution is 5.99. The van der Waals surface area contributed by atoms with Gasteiger partial charge in [0.1, 0.15) is 11.6 Å². The number of piperazine rings is 1. The molecule has 1 fully saturated rings. The fraction of sp³-hybridized carbons (Fsp3) is 0.867. The van der Waals surface area contributed by atoms with Crippen LogP contribution in [-0.4, -0.2) is 34.3 Å². The molecule has 0 spiro atoms. The number of rotatable bonds is 6. The fourth-order valence-corrected chi connectivity index (χ4v) is 2.77. The first-order valence-electron chi connectivity index (χ1n) is 7.49. The van der Waals surface area contributed by atoms with E-state index in [1.165, 1.54) is 0 Å². The lowest BCUT2D eigenvalue weighted by atomic mass is 9.92. The zero-order chi connectivity index (χ0) is 14.6. The van der Waals surface area contributed by atoms with E-state index in [0.29, 0.717) is 0 Å². The molecule has 0 bridgehead atoms. The molecule has 4 heteroatoms. The van der Waals surface area contributed by atoms with Crippen molar-refractivity contribution < 1.29 is 9.59 Å². The Kier molecular flexibility index (Phi) is 5.39. The van der Waals surface area contributed by atoms with Crippen LogP contribution < -0.4 is 5.32 Å². The molecule has 1 heterocycles. The molecule has 4 nitrogen and oxygen atoms in total. The van der Waals surface area contributed by atoms with Crippen molar-refractivity contribution in [3.63, 3.8) is 0 Å². The highest BCUT2D eigenvalue weighted by atomic mass is 16.2. The third-order valence-electron chi connectivity index (χ3n) is 3.91. The van der Waals surface area contributed by atoms with Gasteiger partial charge in [-0.15, -0.1) is 0 Å². The van der Waals surface area contributed by atoms with E-state index in [4.69, 9.17) is 0 Å². The molecule has 1 aliphatic heterocycles. The Morgan fingerprint density at radius 2 is 1.84 bits per heavy atom. The lowest BCUT2D eigenvalue weighted by Crippen LogP contribution is -2.69. The third kappa shape index (κ3) is 3.48. The van der Waals surface area contributed by atoms with E-state index in [0.717, 1.165) is 32.1 Å². The first-order chi connectivity index (χ1) is 8.85. The number of amides is 2. The van der Waals surface area contributed by atoms with Crippen molar-refractivity contribution in [2.45, 2.75) is 84.3 Å². The van der Waals surface area contributed by atoms with Gasteiger partial charge in [-0.3, -0.25) is 9.59 Å². The van der Waals surface area contributed by atoms with Crippen LogP contribution >= 0.6 is 0 Å². The van der Waals surface area contributed by atoms with Gasteiger partial charge in [0.2, 0.25) is 11.8 Å². The Bertz CT molecular complexity index is 339. The van der Waals surface area contributed by atoms with Gasteiger partial charge in [-0.1, -0.05) is 33.1 Å². The summed E-state index contributed by atoms with van der Waals surface area (Å²) in [6, 6.07) is -0.160. The molecule has 0 saturated carbocycles. The quantitative estimate of drug-likeness (QED) is 0.804. The van der Waals surface area contributed by atoms with Crippen molar-refractivity contribution in [2.75, 3.05) is 0 Å². The average Bonchev–Trinajstić information content (AvgIpc) is 2.33. The van der Waals surface area contributed by atoms with E-state index in [9.17, 15) is 9.59 Å². The largest absolute Gasteiger partial charge is 0.340 e. The number of nitrogens with zero attached hydrogens (tertiary/aromatic N) is 1. The Morgan fingerprint density at radius 1 is 1.21 bits per heavy atom. The SMILES string of the molecule is CCCCC(CCC)N1C(=O)C(C)(C)NC(=O)C1C. The number of hydrogen-bond acceptors (Lipinski definition) is 2. The first kappa shape index (κ1) is 16.0. The molecule has 1 N–H and O–H groups in total. The Labute approximate surface area is 116 Å². The van der Waals surface area contributed by atoms with Gasteiger partial charge in [0.15, 0.2) is 0 Å². The van der Waals surface area contributed by atoms with Crippen molar-refractivity contribution in [2.24, 2.45) is 0 Å². The van der Waals surface area contributed by atoms with Crippen LogP contribution in [0, 0.1) is 0 Å². The second-order valence-corrected chi connectivity index (χ2v) is 6.09.